The molecule has 0 atom stereocenters. The van der Waals surface area contributed by atoms with Crippen LogP contribution in [-0.2, 0) is 12.8 Å². The van der Waals surface area contributed by atoms with Crippen LogP contribution in [0.2, 0.25) is 0 Å². The van der Waals surface area contributed by atoms with Crippen molar-refractivity contribution in [2.75, 3.05) is 0 Å². The van der Waals surface area contributed by atoms with Crippen LogP contribution in [0, 0.1) is 20.2 Å². The topological polar surface area (TPSA) is 104 Å². The lowest BCUT2D eigenvalue weighted by Crippen LogP contribution is -1.98. The van der Waals surface area contributed by atoms with Crippen LogP contribution in [0.15, 0.2) is 35.6 Å². The van der Waals surface area contributed by atoms with Crippen molar-refractivity contribution in [2.24, 2.45) is 7.05 Å². The summed E-state index contributed by atoms with van der Waals surface area (Å²) in [6.45, 7) is 0. The number of nitro benzene ring substituents is 1. The van der Waals surface area contributed by atoms with Crippen LogP contribution < -0.4 is 0 Å². The summed E-state index contributed by atoms with van der Waals surface area (Å²) >= 11 is 1.28. The first-order valence-electron chi connectivity index (χ1n) is 5.51. The molecule has 1 aromatic carbocycles. The van der Waals surface area contributed by atoms with Gasteiger partial charge < -0.3 is 10.1 Å². The first-order chi connectivity index (χ1) is 9.49. The highest BCUT2D eigenvalue weighted by atomic mass is 32.2. The van der Waals surface area contributed by atoms with E-state index in [1.807, 2.05) is 0 Å². The van der Waals surface area contributed by atoms with E-state index in [4.69, 9.17) is 0 Å². The molecule has 0 aliphatic carbocycles. The highest BCUT2D eigenvalue weighted by Gasteiger charge is 2.17. The second-order valence-corrected chi connectivity index (χ2v) is 4.87. The molecule has 1 aromatic heterocycles. The molecule has 0 fully saturated rings. The fourth-order valence-corrected chi connectivity index (χ4v) is 2.49. The molecular formula is C11H10N4O4S. The lowest BCUT2D eigenvalue weighted by molar-refractivity contribution is -0.392. The van der Waals surface area contributed by atoms with Crippen molar-refractivity contribution in [1.82, 2.24) is 9.55 Å². The predicted molar refractivity (Wildman–Crippen MR) is 72.5 cm³/mol. The van der Waals surface area contributed by atoms with Gasteiger partial charge in [-0.25, -0.2) is 9.55 Å². The van der Waals surface area contributed by atoms with Crippen LogP contribution in [0.25, 0.3) is 0 Å². The largest absolute Gasteiger partial charge is 0.358 e. The van der Waals surface area contributed by atoms with Crippen LogP contribution in [0.1, 0.15) is 5.56 Å². The zero-order chi connectivity index (χ0) is 14.7. The van der Waals surface area contributed by atoms with Gasteiger partial charge in [-0.2, -0.15) is 0 Å². The van der Waals surface area contributed by atoms with Gasteiger partial charge in [-0.15, -0.1) is 0 Å². The van der Waals surface area contributed by atoms with Crippen molar-refractivity contribution in [3.05, 3.63) is 56.3 Å². The number of nitrogens with zero attached hydrogens (tertiary/aromatic N) is 4. The molecule has 0 amide bonds. The lowest BCUT2D eigenvalue weighted by Gasteiger charge is -2.00. The number of imidazole rings is 1. The van der Waals surface area contributed by atoms with Gasteiger partial charge in [0, 0.05) is 17.9 Å². The number of non-ortho nitro benzene ring substituents is 1. The van der Waals surface area contributed by atoms with E-state index in [1.54, 1.807) is 19.2 Å². The van der Waals surface area contributed by atoms with Crippen LogP contribution in [-0.4, -0.2) is 19.4 Å². The molecule has 0 spiro atoms. The minimum Gasteiger partial charge on any atom is -0.358 e. The van der Waals surface area contributed by atoms with Crippen LogP contribution in [0.4, 0.5) is 11.5 Å². The van der Waals surface area contributed by atoms with E-state index in [-0.39, 0.29) is 11.5 Å². The van der Waals surface area contributed by atoms with Crippen molar-refractivity contribution in [2.45, 2.75) is 10.9 Å². The van der Waals surface area contributed by atoms with E-state index in [2.05, 4.69) is 4.98 Å². The van der Waals surface area contributed by atoms with Gasteiger partial charge in [0.15, 0.2) is 0 Å². The number of hydrogen-bond donors (Lipinski definition) is 0. The summed E-state index contributed by atoms with van der Waals surface area (Å²) in [5.41, 5.74) is 0.781. The smallest absolute Gasteiger partial charge is 0.343 e. The Labute approximate surface area is 117 Å². The number of thioether (sulfide) groups is 1. The summed E-state index contributed by atoms with van der Waals surface area (Å²) in [4.78, 5) is 24.3. The van der Waals surface area contributed by atoms with Gasteiger partial charge in [0.1, 0.15) is 6.20 Å². The summed E-state index contributed by atoms with van der Waals surface area (Å²) in [7, 11) is 1.56. The molecule has 0 aliphatic rings. The Hall–Kier alpha value is -2.42. The average Bonchev–Trinajstić information content (AvgIpc) is 2.78. The number of benzene rings is 1. The van der Waals surface area contributed by atoms with Crippen molar-refractivity contribution < 1.29 is 9.85 Å². The first-order valence-corrected chi connectivity index (χ1v) is 6.50. The van der Waals surface area contributed by atoms with E-state index in [9.17, 15) is 20.2 Å². The monoisotopic (exact) mass is 294 g/mol. The lowest BCUT2D eigenvalue weighted by atomic mass is 10.2. The zero-order valence-corrected chi connectivity index (χ0v) is 11.2. The second kappa shape index (κ2) is 5.70. The Morgan fingerprint density at radius 3 is 2.65 bits per heavy atom. The van der Waals surface area contributed by atoms with Crippen molar-refractivity contribution in [1.29, 1.82) is 0 Å². The summed E-state index contributed by atoms with van der Waals surface area (Å²) in [5, 5.41) is 21.8. The molecule has 0 N–H and O–H groups in total. The molecule has 104 valence electrons. The average molecular weight is 294 g/mol. The Morgan fingerprint density at radius 2 is 2.05 bits per heavy atom. The number of aromatic nitrogens is 2. The van der Waals surface area contributed by atoms with Gasteiger partial charge in [0.25, 0.3) is 10.8 Å². The van der Waals surface area contributed by atoms with E-state index in [0.29, 0.717) is 10.9 Å². The molecule has 9 heteroatoms. The Morgan fingerprint density at radius 1 is 1.30 bits per heavy atom. The van der Waals surface area contributed by atoms with E-state index in [0.717, 1.165) is 5.56 Å². The molecule has 2 rings (SSSR count). The molecule has 8 nitrogen and oxygen atoms in total. The number of hydrogen-bond acceptors (Lipinski definition) is 6. The molecule has 2 aromatic rings. The number of nitro groups is 2. The molecule has 0 saturated heterocycles. The summed E-state index contributed by atoms with van der Waals surface area (Å²) < 4.78 is 1.38. The predicted octanol–water partition coefficient (Wildman–Crippen LogP) is 2.53. The van der Waals surface area contributed by atoms with Crippen molar-refractivity contribution >= 4 is 23.3 Å². The number of rotatable bonds is 5. The molecule has 0 radical (unpaired) electrons. The third-order valence-corrected chi connectivity index (χ3v) is 3.71. The summed E-state index contributed by atoms with van der Waals surface area (Å²) in [6, 6.07) is 6.26. The van der Waals surface area contributed by atoms with Crippen molar-refractivity contribution in [3.63, 3.8) is 0 Å². The van der Waals surface area contributed by atoms with Crippen LogP contribution >= 0.6 is 11.8 Å². The molecule has 0 aliphatic heterocycles. The Kier molecular flexibility index (Phi) is 3.99. The SMILES string of the molecule is Cn1c([N+](=O)[O-])cnc1SCc1cccc([N+](=O)[O-])c1. The van der Waals surface area contributed by atoms with Gasteiger partial charge in [-0.05, 0) is 10.5 Å². The molecule has 0 bridgehead atoms. The molecule has 20 heavy (non-hydrogen) atoms. The van der Waals surface area contributed by atoms with Crippen molar-refractivity contribution in [3.8, 4) is 0 Å². The van der Waals surface area contributed by atoms with Crippen LogP contribution in [0.5, 0.6) is 0 Å². The second-order valence-electron chi connectivity index (χ2n) is 3.93. The quantitative estimate of drug-likeness (QED) is 0.476. The Balaban J connectivity index is 2.11. The maximum atomic E-state index is 10.7. The zero-order valence-electron chi connectivity index (χ0n) is 10.4. The summed E-state index contributed by atoms with van der Waals surface area (Å²) in [5.74, 6) is 0.357. The maximum absolute atomic E-state index is 10.7. The minimum absolute atomic E-state index is 0.0221. The van der Waals surface area contributed by atoms with E-state index >= 15 is 0 Å². The normalized spacial score (nSPS) is 10.4. The molecule has 0 unspecified atom stereocenters. The van der Waals surface area contributed by atoms with Gasteiger partial charge in [-0.1, -0.05) is 23.9 Å². The minimum atomic E-state index is -0.510. The van der Waals surface area contributed by atoms with Gasteiger partial charge in [0.05, 0.1) is 12.0 Å². The maximum Gasteiger partial charge on any atom is 0.343 e. The molecule has 0 saturated carbocycles. The van der Waals surface area contributed by atoms with Gasteiger partial charge >= 0.3 is 5.82 Å². The third kappa shape index (κ3) is 2.94. The molecular weight excluding hydrogens is 284 g/mol. The molecule has 1 heterocycles. The fourth-order valence-electron chi connectivity index (χ4n) is 1.60. The van der Waals surface area contributed by atoms with E-state index < -0.39 is 9.85 Å². The fraction of sp³-hybridized carbons (Fsp3) is 0.182. The van der Waals surface area contributed by atoms with Crippen LogP contribution in [0.3, 0.4) is 0 Å². The summed E-state index contributed by atoms with van der Waals surface area (Å²) in [6.07, 6.45) is 1.19. The Bertz CT molecular complexity index is 670. The van der Waals surface area contributed by atoms with E-state index in [1.165, 1.54) is 34.7 Å². The standard InChI is InChI=1S/C11H10N4O4S/c1-13-10(15(18)19)6-12-11(13)20-7-8-3-2-4-9(5-8)14(16)17/h2-6H,7H2,1H3. The highest BCUT2D eigenvalue weighted by Crippen LogP contribution is 2.25. The highest BCUT2D eigenvalue weighted by molar-refractivity contribution is 7.98. The first kappa shape index (κ1) is 14.0. The van der Waals surface area contributed by atoms with Gasteiger partial charge in [-0.3, -0.25) is 10.1 Å². The van der Waals surface area contributed by atoms with Gasteiger partial charge in [0.2, 0.25) is 0 Å². The third-order valence-electron chi connectivity index (χ3n) is 2.60.